The molecule has 5 rings (SSSR count). The molecule has 8 nitrogen and oxygen atoms in total. The van der Waals surface area contributed by atoms with Crippen LogP contribution < -0.4 is 0 Å². The van der Waals surface area contributed by atoms with Crippen LogP contribution in [0.5, 0.6) is 0 Å². The normalized spacial score (nSPS) is 18.6. The van der Waals surface area contributed by atoms with Gasteiger partial charge in [-0.15, -0.1) is 0 Å². The molecule has 0 spiro atoms. The Kier molecular flexibility index (Phi) is 5.85. The first kappa shape index (κ1) is 23.8. The summed E-state index contributed by atoms with van der Waals surface area (Å²) in [7, 11) is -3.90. The first-order valence-electron chi connectivity index (χ1n) is 11.2. The number of aliphatic hydroxyl groups excluding tert-OH is 1. The van der Waals surface area contributed by atoms with E-state index in [0.717, 1.165) is 3.97 Å². The van der Waals surface area contributed by atoms with E-state index in [9.17, 15) is 26.7 Å². The van der Waals surface area contributed by atoms with Gasteiger partial charge in [-0.3, -0.25) is 0 Å². The summed E-state index contributed by atoms with van der Waals surface area (Å²) in [4.78, 5) is 10.8. The number of nitrogens with zero attached hydrogens (tertiary/aromatic N) is 5. The average Bonchev–Trinajstić information content (AvgIpc) is 3.53. The molecule has 35 heavy (non-hydrogen) atoms. The number of aliphatic hydroxyl groups is 1. The maximum atomic E-state index is 13.3. The Labute approximate surface area is 199 Å². The fourth-order valence-electron chi connectivity index (χ4n) is 4.74. The number of rotatable bonds is 6. The van der Waals surface area contributed by atoms with E-state index in [4.69, 9.17) is 0 Å². The summed E-state index contributed by atoms with van der Waals surface area (Å²) < 4.78 is 67.6. The highest BCUT2D eigenvalue weighted by Gasteiger charge is 2.33. The first-order valence-corrected chi connectivity index (χ1v) is 12.7. The van der Waals surface area contributed by atoms with Crippen LogP contribution in [0.2, 0.25) is 0 Å². The topological polar surface area (TPSA) is 93.3 Å². The van der Waals surface area contributed by atoms with E-state index in [2.05, 4.69) is 9.97 Å². The van der Waals surface area contributed by atoms with Crippen LogP contribution in [-0.2, 0) is 10.0 Å². The van der Waals surface area contributed by atoms with Crippen molar-refractivity contribution in [2.24, 2.45) is 0 Å². The minimum absolute atomic E-state index is 0.0979. The summed E-state index contributed by atoms with van der Waals surface area (Å²) in [5, 5.41) is 11.0. The molecule has 0 unspecified atom stereocenters. The van der Waals surface area contributed by atoms with Crippen molar-refractivity contribution in [2.75, 3.05) is 19.6 Å². The van der Waals surface area contributed by atoms with Gasteiger partial charge in [-0.05, 0) is 31.5 Å². The van der Waals surface area contributed by atoms with Crippen LogP contribution in [0.3, 0.4) is 0 Å². The van der Waals surface area contributed by atoms with Gasteiger partial charge < -0.3 is 14.6 Å². The zero-order chi connectivity index (χ0) is 25.0. The van der Waals surface area contributed by atoms with Crippen molar-refractivity contribution < 1.29 is 26.7 Å². The second-order valence-corrected chi connectivity index (χ2v) is 10.6. The van der Waals surface area contributed by atoms with Crippen LogP contribution in [-0.4, -0.2) is 62.7 Å². The largest absolute Gasteiger partial charge is 0.390 e. The highest BCUT2D eigenvalue weighted by Crippen LogP contribution is 2.35. The van der Waals surface area contributed by atoms with Gasteiger partial charge in [0.15, 0.2) is 5.65 Å². The van der Waals surface area contributed by atoms with E-state index >= 15 is 0 Å². The van der Waals surface area contributed by atoms with Crippen molar-refractivity contribution in [3.05, 3.63) is 54.6 Å². The molecule has 0 radical (unpaired) electrons. The van der Waals surface area contributed by atoms with Crippen molar-refractivity contribution >= 4 is 32.1 Å². The minimum Gasteiger partial charge on any atom is -0.385 e. The standard InChI is InChI=1S/C23H24F3N5O3S/c1-15(32)21-28-19-13-27-22-18(8-11-30(22)35(33,34)17-5-3-2-4-6-17)20(19)31(21)16-7-10-29(14-16)12-9-23(24,25)26/h2-6,8,11,13,15-16,32H,7,9-10,12,14H2,1H3/t15-,16+/m1/s1. The van der Waals surface area contributed by atoms with Crippen molar-refractivity contribution in [2.45, 2.75) is 43.0 Å². The molecule has 0 aliphatic carbocycles. The number of imidazole rings is 1. The summed E-state index contributed by atoms with van der Waals surface area (Å²) in [6.07, 6.45) is -2.57. The van der Waals surface area contributed by atoms with E-state index < -0.39 is 28.7 Å². The SMILES string of the molecule is C[C@@H](O)c1nc2cnc3c(ccn3S(=O)(=O)c3ccccc3)c2n1[C@H]1CCN(CCC(F)(F)F)C1. The smallest absolute Gasteiger partial charge is 0.385 e. The molecule has 2 atom stereocenters. The molecule has 1 aliphatic rings. The lowest BCUT2D eigenvalue weighted by molar-refractivity contribution is -0.137. The average molecular weight is 508 g/mol. The van der Waals surface area contributed by atoms with E-state index in [0.29, 0.717) is 41.8 Å². The molecule has 3 aromatic heterocycles. The van der Waals surface area contributed by atoms with E-state index in [1.54, 1.807) is 36.1 Å². The zero-order valence-electron chi connectivity index (χ0n) is 18.9. The van der Waals surface area contributed by atoms with Crippen molar-refractivity contribution in [3.63, 3.8) is 0 Å². The number of aromatic nitrogens is 4. The Morgan fingerprint density at radius 2 is 1.94 bits per heavy atom. The highest BCUT2D eigenvalue weighted by molar-refractivity contribution is 7.90. The number of fused-ring (bicyclic) bond motifs is 3. The summed E-state index contributed by atoms with van der Waals surface area (Å²) >= 11 is 0. The molecule has 1 saturated heterocycles. The Balaban J connectivity index is 1.61. The number of alkyl halides is 3. The van der Waals surface area contributed by atoms with Gasteiger partial charge in [0, 0.05) is 37.3 Å². The molecule has 0 amide bonds. The summed E-state index contributed by atoms with van der Waals surface area (Å²) in [6, 6.07) is 9.43. The summed E-state index contributed by atoms with van der Waals surface area (Å²) in [5.41, 5.74) is 1.30. The minimum atomic E-state index is -4.23. The van der Waals surface area contributed by atoms with Gasteiger partial charge in [-0.25, -0.2) is 22.4 Å². The predicted octanol–water partition coefficient (Wildman–Crippen LogP) is 3.88. The molecule has 1 N–H and O–H groups in total. The molecule has 12 heteroatoms. The summed E-state index contributed by atoms with van der Waals surface area (Å²) in [6.45, 7) is 2.33. The maximum Gasteiger partial charge on any atom is 0.390 e. The maximum absolute atomic E-state index is 13.3. The third-order valence-corrected chi connectivity index (χ3v) is 8.03. The number of benzene rings is 1. The molecule has 1 aromatic carbocycles. The zero-order valence-corrected chi connectivity index (χ0v) is 19.7. The molecule has 1 aliphatic heterocycles. The van der Waals surface area contributed by atoms with E-state index in [1.165, 1.54) is 24.5 Å². The predicted molar refractivity (Wildman–Crippen MR) is 123 cm³/mol. The molecule has 4 heterocycles. The number of halogens is 3. The summed E-state index contributed by atoms with van der Waals surface area (Å²) in [5.74, 6) is 0.371. The van der Waals surface area contributed by atoms with Crippen molar-refractivity contribution in [1.82, 2.24) is 23.4 Å². The number of likely N-dealkylation sites (tertiary alicyclic amines) is 1. The lowest BCUT2D eigenvalue weighted by Gasteiger charge is -2.20. The molecule has 186 valence electrons. The van der Waals surface area contributed by atoms with Gasteiger partial charge in [0.05, 0.1) is 23.0 Å². The Bertz CT molecular complexity index is 1480. The van der Waals surface area contributed by atoms with Crippen LogP contribution in [0.15, 0.2) is 53.7 Å². The van der Waals surface area contributed by atoms with Gasteiger partial charge in [-0.1, -0.05) is 18.2 Å². The Morgan fingerprint density at radius 1 is 1.20 bits per heavy atom. The van der Waals surface area contributed by atoms with Gasteiger partial charge >= 0.3 is 6.18 Å². The lowest BCUT2D eigenvalue weighted by atomic mass is 10.2. The van der Waals surface area contributed by atoms with Crippen LogP contribution in [0.25, 0.3) is 22.1 Å². The Morgan fingerprint density at radius 3 is 2.63 bits per heavy atom. The third-order valence-electron chi connectivity index (χ3n) is 6.35. The number of hydrogen-bond donors (Lipinski definition) is 1. The first-order chi connectivity index (χ1) is 16.6. The highest BCUT2D eigenvalue weighted by atomic mass is 32.2. The van der Waals surface area contributed by atoms with Crippen LogP contribution in [0, 0.1) is 0 Å². The molecule has 0 bridgehead atoms. The Hall–Kier alpha value is -2.96. The fourth-order valence-corrected chi connectivity index (χ4v) is 6.06. The van der Waals surface area contributed by atoms with Crippen molar-refractivity contribution in [1.29, 1.82) is 0 Å². The molecule has 4 aromatic rings. The molecule has 0 saturated carbocycles. The van der Waals surface area contributed by atoms with E-state index in [1.807, 2.05) is 4.57 Å². The third kappa shape index (κ3) is 4.30. The molecular weight excluding hydrogens is 483 g/mol. The lowest BCUT2D eigenvalue weighted by Crippen LogP contribution is -2.27. The second kappa shape index (κ2) is 8.61. The molecule has 1 fully saturated rings. The van der Waals surface area contributed by atoms with Gasteiger partial charge in [-0.2, -0.15) is 13.2 Å². The monoisotopic (exact) mass is 507 g/mol. The van der Waals surface area contributed by atoms with Crippen LogP contribution in [0.1, 0.15) is 37.7 Å². The molecular formula is C23H24F3N5O3S. The van der Waals surface area contributed by atoms with E-state index in [-0.39, 0.29) is 23.1 Å². The van der Waals surface area contributed by atoms with Gasteiger partial charge in [0.25, 0.3) is 10.0 Å². The van der Waals surface area contributed by atoms with Crippen LogP contribution >= 0.6 is 0 Å². The number of pyridine rings is 1. The van der Waals surface area contributed by atoms with Crippen molar-refractivity contribution in [3.8, 4) is 0 Å². The number of hydrogen-bond acceptors (Lipinski definition) is 6. The van der Waals surface area contributed by atoms with Gasteiger partial charge in [0.1, 0.15) is 17.4 Å². The fraction of sp³-hybridized carbons (Fsp3) is 0.391. The van der Waals surface area contributed by atoms with Crippen LogP contribution in [0.4, 0.5) is 13.2 Å². The quantitative estimate of drug-likeness (QED) is 0.426. The van der Waals surface area contributed by atoms with Gasteiger partial charge in [0.2, 0.25) is 0 Å². The second-order valence-electron chi connectivity index (χ2n) is 8.78.